The summed E-state index contributed by atoms with van der Waals surface area (Å²) in [5.41, 5.74) is 0.534. The van der Waals surface area contributed by atoms with Crippen molar-refractivity contribution in [3.05, 3.63) is 59.2 Å². The van der Waals surface area contributed by atoms with Gasteiger partial charge >= 0.3 is 12.2 Å². The summed E-state index contributed by atoms with van der Waals surface area (Å²) >= 11 is 0. The molecular formula is C25H30F3N3O4. The van der Waals surface area contributed by atoms with Gasteiger partial charge in [-0.2, -0.15) is 13.2 Å². The predicted molar refractivity (Wildman–Crippen MR) is 126 cm³/mol. The van der Waals surface area contributed by atoms with Gasteiger partial charge in [-0.3, -0.25) is 0 Å². The highest BCUT2D eigenvalue weighted by atomic mass is 19.4. The van der Waals surface area contributed by atoms with E-state index in [4.69, 9.17) is 14.3 Å². The lowest BCUT2D eigenvalue weighted by atomic mass is 10.0. The number of carbonyl (C=O) groups excluding carboxylic acids is 1. The number of urea groups is 1. The largest absolute Gasteiger partial charge is 0.493 e. The van der Waals surface area contributed by atoms with E-state index in [2.05, 4.69) is 10.5 Å². The summed E-state index contributed by atoms with van der Waals surface area (Å²) < 4.78 is 50.1. The number of hydrogen-bond acceptors (Lipinski definition) is 5. The molecule has 0 saturated heterocycles. The third-order valence-corrected chi connectivity index (χ3v) is 5.27. The van der Waals surface area contributed by atoms with Gasteiger partial charge in [-0.1, -0.05) is 17.3 Å². The van der Waals surface area contributed by atoms with Crippen LogP contribution in [-0.4, -0.2) is 49.0 Å². The molecule has 1 aliphatic rings. The van der Waals surface area contributed by atoms with Crippen molar-refractivity contribution in [1.29, 1.82) is 0 Å². The summed E-state index contributed by atoms with van der Waals surface area (Å²) in [7, 11) is 3.09. The second kappa shape index (κ2) is 10.5. The van der Waals surface area contributed by atoms with Crippen molar-refractivity contribution in [3.63, 3.8) is 0 Å². The lowest BCUT2D eigenvalue weighted by Gasteiger charge is -2.30. The molecule has 0 bridgehead atoms. The van der Waals surface area contributed by atoms with Gasteiger partial charge in [-0.15, -0.1) is 0 Å². The first-order valence-electron chi connectivity index (χ1n) is 11.1. The van der Waals surface area contributed by atoms with Gasteiger partial charge in [0.2, 0.25) is 0 Å². The SMILES string of the molecule is COc1ccc(C2=NO[C@H](CN(Cc3cccc(C(F)(F)F)c3)C(=O)NC(C)(C)C)C2)cc1OC. The van der Waals surface area contributed by atoms with Crippen LogP contribution in [0.5, 0.6) is 11.5 Å². The molecule has 1 heterocycles. The number of nitrogens with one attached hydrogen (secondary N) is 1. The number of hydrogen-bond donors (Lipinski definition) is 1. The lowest BCUT2D eigenvalue weighted by Crippen LogP contribution is -2.50. The monoisotopic (exact) mass is 493 g/mol. The number of rotatable bonds is 7. The minimum Gasteiger partial charge on any atom is -0.493 e. The van der Waals surface area contributed by atoms with Crippen LogP contribution in [0.25, 0.3) is 0 Å². The molecule has 10 heteroatoms. The maximum atomic E-state index is 13.2. The number of carbonyl (C=O) groups is 1. The molecule has 7 nitrogen and oxygen atoms in total. The van der Waals surface area contributed by atoms with Gasteiger partial charge in [-0.25, -0.2) is 4.79 Å². The highest BCUT2D eigenvalue weighted by Crippen LogP contribution is 2.31. The fraction of sp³-hybridized carbons (Fsp3) is 0.440. The zero-order valence-corrected chi connectivity index (χ0v) is 20.4. The Bertz CT molecular complexity index is 1080. The van der Waals surface area contributed by atoms with Crippen molar-refractivity contribution in [1.82, 2.24) is 10.2 Å². The summed E-state index contributed by atoms with van der Waals surface area (Å²) in [6.07, 6.45) is -4.52. The van der Waals surface area contributed by atoms with Gasteiger partial charge in [-0.05, 0) is 56.7 Å². The van der Waals surface area contributed by atoms with Crippen molar-refractivity contribution in [2.45, 2.75) is 51.6 Å². The first-order chi connectivity index (χ1) is 16.4. The first-order valence-corrected chi connectivity index (χ1v) is 11.1. The number of benzene rings is 2. The molecule has 0 unspecified atom stereocenters. The Morgan fingerprint density at radius 2 is 1.83 bits per heavy atom. The van der Waals surface area contributed by atoms with E-state index in [0.29, 0.717) is 29.2 Å². The highest BCUT2D eigenvalue weighted by molar-refractivity contribution is 6.01. The molecule has 1 atom stereocenters. The van der Waals surface area contributed by atoms with Crippen LogP contribution in [0.15, 0.2) is 47.6 Å². The van der Waals surface area contributed by atoms with Gasteiger partial charge in [0.05, 0.1) is 32.0 Å². The Morgan fingerprint density at radius 3 is 2.46 bits per heavy atom. The molecule has 0 fully saturated rings. The van der Waals surface area contributed by atoms with Crippen molar-refractivity contribution in [2.24, 2.45) is 5.16 Å². The van der Waals surface area contributed by atoms with Crippen molar-refractivity contribution in [3.8, 4) is 11.5 Å². The summed E-state index contributed by atoms with van der Waals surface area (Å²) in [6.45, 7) is 5.61. The Labute approximate surface area is 202 Å². The number of nitrogens with zero attached hydrogens (tertiary/aromatic N) is 2. The zero-order chi connectivity index (χ0) is 25.8. The maximum absolute atomic E-state index is 13.2. The molecule has 3 rings (SSSR count). The van der Waals surface area contributed by atoms with E-state index >= 15 is 0 Å². The standard InChI is InChI=1S/C25H30F3N3O4/c1-24(2,3)29-23(32)31(14-16-7-6-8-18(11-16)25(26,27)28)15-19-13-20(30-35-19)17-9-10-21(33-4)22(12-17)34-5/h6-12,19H,13-15H2,1-5H3,(H,29,32)/t19-/m0/s1. The predicted octanol–water partition coefficient (Wildman–Crippen LogP) is 5.23. The summed E-state index contributed by atoms with van der Waals surface area (Å²) in [5, 5.41) is 7.04. The molecule has 190 valence electrons. The van der Waals surface area contributed by atoms with Gasteiger partial charge in [0.25, 0.3) is 0 Å². The molecule has 0 spiro atoms. The van der Waals surface area contributed by atoms with Crippen LogP contribution >= 0.6 is 0 Å². The number of alkyl halides is 3. The molecule has 0 saturated carbocycles. The zero-order valence-electron chi connectivity index (χ0n) is 20.4. The number of ether oxygens (including phenoxy) is 2. The fourth-order valence-corrected chi connectivity index (χ4v) is 3.64. The molecular weight excluding hydrogens is 463 g/mol. The highest BCUT2D eigenvalue weighted by Gasteiger charge is 2.32. The Hall–Kier alpha value is -3.43. The molecule has 0 radical (unpaired) electrons. The molecule has 2 amide bonds. The quantitative estimate of drug-likeness (QED) is 0.574. The van der Waals surface area contributed by atoms with Crippen LogP contribution in [0.3, 0.4) is 0 Å². The van der Waals surface area contributed by atoms with Crippen LogP contribution in [0.1, 0.15) is 43.9 Å². The number of amides is 2. The molecule has 2 aromatic carbocycles. The van der Waals surface area contributed by atoms with E-state index < -0.39 is 29.4 Å². The Morgan fingerprint density at radius 1 is 1.11 bits per heavy atom. The van der Waals surface area contributed by atoms with E-state index in [0.717, 1.165) is 17.7 Å². The normalized spacial score (nSPS) is 15.8. The molecule has 0 aliphatic carbocycles. The van der Waals surface area contributed by atoms with E-state index in [1.807, 2.05) is 26.8 Å². The summed E-state index contributed by atoms with van der Waals surface area (Å²) in [4.78, 5) is 20.0. The summed E-state index contributed by atoms with van der Waals surface area (Å²) in [5.74, 6) is 1.13. The van der Waals surface area contributed by atoms with Crippen molar-refractivity contribution in [2.75, 3.05) is 20.8 Å². The van der Waals surface area contributed by atoms with Gasteiger partial charge in [0.1, 0.15) is 0 Å². The summed E-state index contributed by atoms with van der Waals surface area (Å²) in [6, 6.07) is 9.94. The smallest absolute Gasteiger partial charge is 0.416 e. The van der Waals surface area contributed by atoms with E-state index in [1.165, 1.54) is 18.1 Å². The van der Waals surface area contributed by atoms with Gasteiger partial charge in [0, 0.05) is 24.1 Å². The average Bonchev–Trinajstić information content (AvgIpc) is 3.25. The molecule has 1 N–H and O–H groups in total. The number of methoxy groups -OCH3 is 2. The van der Waals surface area contributed by atoms with Gasteiger partial charge < -0.3 is 24.5 Å². The van der Waals surface area contributed by atoms with Crippen LogP contribution in [0.4, 0.5) is 18.0 Å². The lowest BCUT2D eigenvalue weighted by molar-refractivity contribution is -0.137. The topological polar surface area (TPSA) is 72.4 Å². The third-order valence-electron chi connectivity index (χ3n) is 5.27. The van der Waals surface area contributed by atoms with E-state index in [1.54, 1.807) is 25.3 Å². The first kappa shape index (κ1) is 26.2. The minimum atomic E-state index is -4.47. The van der Waals surface area contributed by atoms with Crippen LogP contribution in [0.2, 0.25) is 0 Å². The second-order valence-electron chi connectivity index (χ2n) is 9.30. The molecule has 1 aliphatic heterocycles. The van der Waals surface area contributed by atoms with E-state index in [-0.39, 0.29) is 13.1 Å². The van der Waals surface area contributed by atoms with E-state index in [9.17, 15) is 18.0 Å². The third kappa shape index (κ3) is 7.03. The number of halogens is 3. The van der Waals surface area contributed by atoms with Crippen LogP contribution in [-0.2, 0) is 17.6 Å². The van der Waals surface area contributed by atoms with Crippen LogP contribution < -0.4 is 14.8 Å². The number of oxime groups is 1. The average molecular weight is 494 g/mol. The second-order valence-corrected chi connectivity index (χ2v) is 9.30. The molecule has 0 aromatic heterocycles. The van der Waals surface area contributed by atoms with Gasteiger partial charge in [0.15, 0.2) is 17.6 Å². The fourth-order valence-electron chi connectivity index (χ4n) is 3.64. The molecule has 2 aromatic rings. The molecule has 35 heavy (non-hydrogen) atoms. The van der Waals surface area contributed by atoms with Crippen molar-refractivity contribution >= 4 is 11.7 Å². The van der Waals surface area contributed by atoms with Crippen molar-refractivity contribution < 1.29 is 32.3 Å². The minimum absolute atomic E-state index is 0.0165. The maximum Gasteiger partial charge on any atom is 0.416 e. The Kier molecular flexibility index (Phi) is 7.82. The van der Waals surface area contributed by atoms with Crippen LogP contribution in [0, 0.1) is 0 Å². The Balaban J connectivity index is 1.76.